The molecule has 0 spiro atoms. The molecule has 0 atom stereocenters. The molecule has 0 amide bonds. The van der Waals surface area contributed by atoms with Gasteiger partial charge in [0.05, 0.1) is 0 Å². The molecule has 0 aliphatic carbocycles. The van der Waals surface area contributed by atoms with Gasteiger partial charge in [0, 0.05) is 6.42 Å². The number of nitrogens with zero attached hydrogens (tertiary/aromatic N) is 5. The Balaban J connectivity index is 0.00000242. The molecule has 1 aromatic carbocycles. The Morgan fingerprint density at radius 3 is 2.18 bits per heavy atom. The van der Waals surface area contributed by atoms with Crippen molar-refractivity contribution in [2.24, 2.45) is 0 Å². The maximum atomic E-state index is 13.1. The van der Waals surface area contributed by atoms with Crippen LogP contribution in [0.2, 0.25) is 0 Å². The van der Waals surface area contributed by atoms with Crippen molar-refractivity contribution in [3.8, 4) is 0 Å². The van der Waals surface area contributed by atoms with Gasteiger partial charge in [-0.15, -0.1) is 5.10 Å². The molecule has 122 valence electrons. The van der Waals surface area contributed by atoms with Crippen LogP contribution in [0.1, 0.15) is 11.4 Å². The molecule has 2 rings (SSSR count). The maximum Gasteiger partial charge on any atom is 0.332 e. The first kappa shape index (κ1) is 18.3. The van der Waals surface area contributed by atoms with Crippen LogP contribution in [0.25, 0.3) is 0 Å². The lowest BCUT2D eigenvalue weighted by Gasteiger charge is -2.29. The van der Waals surface area contributed by atoms with E-state index in [0.717, 1.165) is 5.56 Å². The van der Waals surface area contributed by atoms with Crippen molar-refractivity contribution in [3.05, 3.63) is 41.7 Å². The molecular weight excluding hydrogens is 303 g/mol. The molecular formula is C13H23N6O2P. The number of nitrogens with two attached hydrogens (primary N) is 1. The van der Waals surface area contributed by atoms with Gasteiger partial charge in [-0.1, -0.05) is 30.3 Å². The minimum absolute atomic E-state index is 0. The van der Waals surface area contributed by atoms with E-state index in [9.17, 15) is 4.57 Å². The van der Waals surface area contributed by atoms with Crippen LogP contribution < -0.4 is 5.73 Å². The van der Waals surface area contributed by atoms with Gasteiger partial charge in [-0.3, -0.25) is 4.57 Å². The highest BCUT2D eigenvalue weighted by molar-refractivity contribution is 7.57. The van der Waals surface area contributed by atoms with E-state index in [1.807, 2.05) is 30.3 Å². The number of anilines is 1. The van der Waals surface area contributed by atoms with Crippen LogP contribution in [0.4, 0.5) is 5.95 Å². The fourth-order valence-corrected chi connectivity index (χ4v) is 4.03. The number of hydrogen-bond acceptors (Lipinski definition) is 4. The van der Waals surface area contributed by atoms with Gasteiger partial charge in [-0.2, -0.15) is 9.44 Å². The normalized spacial score (nSPS) is 11.7. The molecule has 0 fully saturated rings. The third-order valence-electron chi connectivity index (χ3n) is 3.15. The quantitative estimate of drug-likeness (QED) is 0.810. The van der Waals surface area contributed by atoms with E-state index in [-0.39, 0.29) is 11.4 Å². The molecule has 22 heavy (non-hydrogen) atoms. The number of aromatic nitrogens is 3. The first-order valence-corrected chi connectivity index (χ1v) is 8.14. The van der Waals surface area contributed by atoms with Gasteiger partial charge in [0.2, 0.25) is 5.95 Å². The van der Waals surface area contributed by atoms with Gasteiger partial charge in [-0.05, 0) is 33.8 Å². The lowest BCUT2D eigenvalue weighted by atomic mass is 10.1. The highest BCUT2D eigenvalue weighted by Gasteiger charge is 2.34. The minimum atomic E-state index is -3.05. The summed E-state index contributed by atoms with van der Waals surface area (Å²) in [6.45, 7) is 0. The molecule has 0 unspecified atom stereocenters. The smallest absolute Gasteiger partial charge is 0.332 e. The SMILES string of the molecule is CN(C)P(=O)(N(C)C)n1nc(Cc2ccccc2)nc1N.O. The largest absolute Gasteiger partial charge is 0.412 e. The van der Waals surface area contributed by atoms with E-state index < -0.39 is 7.59 Å². The summed E-state index contributed by atoms with van der Waals surface area (Å²) in [5.41, 5.74) is 7.00. The van der Waals surface area contributed by atoms with E-state index in [4.69, 9.17) is 5.73 Å². The fourth-order valence-electron chi connectivity index (χ4n) is 2.10. The van der Waals surface area contributed by atoms with E-state index in [0.29, 0.717) is 12.2 Å². The van der Waals surface area contributed by atoms with Crippen molar-refractivity contribution in [2.75, 3.05) is 33.9 Å². The van der Waals surface area contributed by atoms with Crippen molar-refractivity contribution < 1.29 is 10.0 Å². The molecule has 0 aliphatic rings. The van der Waals surface area contributed by atoms with Crippen molar-refractivity contribution >= 4 is 13.5 Å². The summed E-state index contributed by atoms with van der Waals surface area (Å²) < 4.78 is 17.7. The Kier molecular flexibility index (Phi) is 5.85. The molecule has 8 nitrogen and oxygen atoms in total. The maximum absolute atomic E-state index is 13.1. The Morgan fingerprint density at radius 1 is 1.14 bits per heavy atom. The van der Waals surface area contributed by atoms with Crippen molar-refractivity contribution in [1.29, 1.82) is 0 Å². The van der Waals surface area contributed by atoms with Crippen LogP contribution in [0.5, 0.6) is 0 Å². The van der Waals surface area contributed by atoms with Gasteiger partial charge >= 0.3 is 7.59 Å². The Bertz CT molecular complexity index is 644. The number of rotatable bonds is 5. The predicted molar refractivity (Wildman–Crippen MR) is 87.7 cm³/mol. The van der Waals surface area contributed by atoms with Gasteiger partial charge < -0.3 is 11.2 Å². The summed E-state index contributed by atoms with van der Waals surface area (Å²) in [7, 11) is 3.89. The first-order chi connectivity index (χ1) is 9.85. The van der Waals surface area contributed by atoms with Crippen molar-refractivity contribution in [3.63, 3.8) is 0 Å². The van der Waals surface area contributed by atoms with Crippen LogP contribution in [0.15, 0.2) is 30.3 Å². The Hall–Kier alpha value is -1.73. The molecule has 9 heteroatoms. The average molecular weight is 326 g/mol. The van der Waals surface area contributed by atoms with Crippen LogP contribution in [-0.2, 0) is 11.0 Å². The lowest BCUT2D eigenvalue weighted by Crippen LogP contribution is -2.27. The molecule has 4 N–H and O–H groups in total. The standard InChI is InChI=1S/C13H21N6OP.H2O/c1-17(2)21(20,18(3)4)19-13(14)15-12(16-19)10-11-8-6-5-7-9-11;/h5-9H,10H2,1-4H3,(H2,14,15,16);1H2. The number of nitrogen functional groups attached to an aromatic ring is 1. The van der Waals surface area contributed by atoms with Gasteiger partial charge in [-0.25, -0.2) is 9.34 Å². The minimum Gasteiger partial charge on any atom is -0.412 e. The molecule has 0 saturated carbocycles. The van der Waals surface area contributed by atoms with Crippen molar-refractivity contribution in [1.82, 2.24) is 23.9 Å². The topological polar surface area (TPSA) is 112 Å². The highest BCUT2D eigenvalue weighted by Crippen LogP contribution is 2.51. The van der Waals surface area contributed by atoms with Crippen LogP contribution in [-0.4, -0.2) is 57.5 Å². The molecule has 0 bridgehead atoms. The molecule has 2 aromatic rings. The second-order valence-corrected chi connectivity index (χ2v) is 8.15. The Labute approximate surface area is 130 Å². The first-order valence-electron chi connectivity index (χ1n) is 6.57. The zero-order valence-electron chi connectivity index (χ0n) is 13.3. The van der Waals surface area contributed by atoms with Gasteiger partial charge in [0.1, 0.15) is 0 Å². The predicted octanol–water partition coefficient (Wildman–Crippen LogP) is 0.706. The number of hydrogen-bond donors (Lipinski definition) is 1. The van der Waals surface area contributed by atoms with Crippen LogP contribution in [0, 0.1) is 0 Å². The summed E-state index contributed by atoms with van der Waals surface area (Å²) >= 11 is 0. The second kappa shape index (κ2) is 7.02. The molecule has 1 heterocycles. The zero-order valence-corrected chi connectivity index (χ0v) is 14.2. The summed E-state index contributed by atoms with van der Waals surface area (Å²) in [4.78, 5) is 4.24. The monoisotopic (exact) mass is 326 g/mol. The van der Waals surface area contributed by atoms with E-state index in [1.54, 1.807) is 37.5 Å². The van der Waals surface area contributed by atoms with Crippen molar-refractivity contribution in [2.45, 2.75) is 6.42 Å². The highest BCUT2D eigenvalue weighted by atomic mass is 31.2. The van der Waals surface area contributed by atoms with Gasteiger partial charge in [0.15, 0.2) is 5.82 Å². The summed E-state index contributed by atoms with van der Waals surface area (Å²) in [6.07, 6.45) is 0.554. The summed E-state index contributed by atoms with van der Waals surface area (Å²) in [6, 6.07) is 9.86. The molecule has 0 radical (unpaired) electrons. The third kappa shape index (κ3) is 3.36. The van der Waals surface area contributed by atoms with Crippen LogP contribution in [0.3, 0.4) is 0 Å². The molecule has 1 aromatic heterocycles. The van der Waals surface area contributed by atoms with E-state index >= 15 is 0 Å². The lowest BCUT2D eigenvalue weighted by molar-refractivity contribution is 0.431. The fraction of sp³-hybridized carbons (Fsp3) is 0.385. The second-order valence-electron chi connectivity index (χ2n) is 5.15. The Morgan fingerprint density at radius 2 is 1.68 bits per heavy atom. The van der Waals surface area contributed by atoms with Crippen LogP contribution >= 0.6 is 7.59 Å². The molecule has 0 aliphatic heterocycles. The molecule has 0 saturated heterocycles. The summed E-state index contributed by atoms with van der Waals surface area (Å²) in [5.74, 6) is 0.717. The van der Waals surface area contributed by atoms with E-state index in [2.05, 4.69) is 10.1 Å². The van der Waals surface area contributed by atoms with E-state index in [1.165, 1.54) is 4.45 Å². The number of benzene rings is 1. The average Bonchev–Trinajstić information content (AvgIpc) is 2.79. The third-order valence-corrected chi connectivity index (χ3v) is 6.02. The zero-order chi connectivity index (χ0) is 15.6. The van der Waals surface area contributed by atoms with Gasteiger partial charge in [0.25, 0.3) is 0 Å². The summed E-state index contributed by atoms with van der Waals surface area (Å²) in [5, 5.41) is 4.35.